The zero-order valence-electron chi connectivity index (χ0n) is 15.8. The summed E-state index contributed by atoms with van der Waals surface area (Å²) in [6.45, 7) is 3.14. The lowest BCUT2D eigenvalue weighted by Crippen LogP contribution is -2.52. The molecule has 0 unspecified atom stereocenters. The van der Waals surface area contributed by atoms with Crippen molar-refractivity contribution in [2.75, 3.05) is 24.5 Å². The number of ether oxygens (including phenoxy) is 1. The van der Waals surface area contributed by atoms with Crippen molar-refractivity contribution in [3.8, 4) is 5.75 Å². The number of hydrogen-bond acceptors (Lipinski definition) is 3. The zero-order chi connectivity index (χ0) is 20.5. The van der Waals surface area contributed by atoms with Crippen molar-refractivity contribution >= 4 is 11.7 Å². The van der Waals surface area contributed by atoms with Crippen molar-refractivity contribution < 1.29 is 22.7 Å². The Morgan fingerprint density at radius 2 is 1.66 bits per heavy atom. The molecule has 4 rings (SSSR count). The number of likely N-dealkylation sites (tertiary alicyclic amines) is 1. The third kappa shape index (κ3) is 4.64. The molecular weight excluding hydrogens is 383 g/mol. The highest BCUT2D eigenvalue weighted by Crippen LogP contribution is 2.33. The molecule has 2 fully saturated rings. The van der Waals surface area contributed by atoms with Gasteiger partial charge in [-0.15, -0.1) is 13.2 Å². The van der Waals surface area contributed by atoms with E-state index in [-0.39, 0.29) is 17.3 Å². The van der Waals surface area contributed by atoms with Crippen LogP contribution in [0.25, 0.3) is 0 Å². The number of halogens is 3. The van der Waals surface area contributed by atoms with Crippen LogP contribution in [0.4, 0.5) is 23.7 Å². The van der Waals surface area contributed by atoms with Crippen LogP contribution in [-0.4, -0.2) is 42.5 Å². The van der Waals surface area contributed by atoms with Gasteiger partial charge in [-0.25, -0.2) is 4.79 Å². The number of rotatable bonds is 4. The van der Waals surface area contributed by atoms with Crippen LogP contribution in [0.1, 0.15) is 18.4 Å². The molecule has 2 heterocycles. The molecule has 2 aromatic carbocycles. The highest BCUT2D eigenvalue weighted by atomic mass is 19.4. The van der Waals surface area contributed by atoms with Gasteiger partial charge in [-0.2, -0.15) is 0 Å². The average Bonchev–Trinajstić information content (AvgIpc) is 3.00. The molecule has 2 aliphatic heterocycles. The van der Waals surface area contributed by atoms with E-state index in [0.717, 1.165) is 32.5 Å². The lowest BCUT2D eigenvalue weighted by Gasteiger charge is -2.38. The van der Waals surface area contributed by atoms with Gasteiger partial charge in [0, 0.05) is 25.3 Å². The van der Waals surface area contributed by atoms with Crippen molar-refractivity contribution in [3.05, 3.63) is 60.2 Å². The summed E-state index contributed by atoms with van der Waals surface area (Å²) in [5, 5.41) is 3.10. The molecule has 1 spiro atoms. The molecule has 8 heteroatoms. The summed E-state index contributed by atoms with van der Waals surface area (Å²) < 4.78 is 40.8. The summed E-state index contributed by atoms with van der Waals surface area (Å²) >= 11 is 0. The van der Waals surface area contributed by atoms with Gasteiger partial charge in [-0.3, -0.25) is 9.80 Å². The predicted octanol–water partition coefficient (Wildman–Crippen LogP) is 4.15. The number of carbonyl (C=O) groups is 1. The van der Waals surface area contributed by atoms with E-state index in [1.165, 1.54) is 29.8 Å². The Morgan fingerprint density at radius 1 is 1.00 bits per heavy atom. The Kier molecular flexibility index (Phi) is 5.12. The molecule has 0 atom stereocenters. The second-order valence-corrected chi connectivity index (χ2v) is 7.60. The minimum absolute atomic E-state index is 0.217. The van der Waals surface area contributed by atoms with Crippen LogP contribution in [0.5, 0.6) is 5.75 Å². The first-order valence-electron chi connectivity index (χ1n) is 9.54. The number of nitrogens with one attached hydrogen (secondary N) is 1. The first-order valence-corrected chi connectivity index (χ1v) is 9.54. The first kappa shape index (κ1) is 19.6. The van der Waals surface area contributed by atoms with Crippen molar-refractivity contribution in [2.45, 2.75) is 31.3 Å². The Morgan fingerprint density at radius 3 is 2.28 bits per heavy atom. The van der Waals surface area contributed by atoms with Gasteiger partial charge in [-0.1, -0.05) is 30.3 Å². The number of amides is 2. The molecular formula is C21H22F3N3O2. The number of alkyl halides is 3. The predicted molar refractivity (Wildman–Crippen MR) is 103 cm³/mol. The molecule has 2 aromatic rings. The molecule has 0 aromatic heterocycles. The molecule has 29 heavy (non-hydrogen) atoms. The Bertz CT molecular complexity index is 848. The normalized spacial score (nSPS) is 19.4. The van der Waals surface area contributed by atoms with Crippen molar-refractivity contribution in [1.82, 2.24) is 10.2 Å². The highest BCUT2D eigenvalue weighted by Gasteiger charge is 2.44. The molecule has 0 aliphatic carbocycles. The van der Waals surface area contributed by atoms with Crippen molar-refractivity contribution in [2.24, 2.45) is 0 Å². The van der Waals surface area contributed by atoms with Crippen LogP contribution in [0, 0.1) is 0 Å². The zero-order valence-corrected chi connectivity index (χ0v) is 15.8. The minimum Gasteiger partial charge on any atom is -0.406 e. The van der Waals surface area contributed by atoms with Gasteiger partial charge < -0.3 is 10.1 Å². The lowest BCUT2D eigenvalue weighted by atomic mass is 9.88. The standard InChI is InChI=1S/C21H22F3N3O2/c22-21(23,24)29-18-8-6-17(7-9-18)27-15-20(25-19(27)28)10-12-26(13-11-20)14-16-4-2-1-3-5-16/h1-9H,10-15H2,(H,25,28). The summed E-state index contributed by atoms with van der Waals surface area (Å²) in [7, 11) is 0. The molecule has 0 saturated carbocycles. The number of piperidine rings is 1. The van der Waals surface area contributed by atoms with Gasteiger partial charge in [-0.05, 0) is 42.7 Å². The quantitative estimate of drug-likeness (QED) is 0.831. The number of carbonyl (C=O) groups excluding carboxylic acids is 1. The van der Waals surface area contributed by atoms with E-state index in [0.29, 0.717) is 12.2 Å². The first-order chi connectivity index (χ1) is 13.8. The van der Waals surface area contributed by atoms with Crippen LogP contribution < -0.4 is 15.0 Å². The van der Waals surface area contributed by atoms with E-state index < -0.39 is 6.36 Å². The van der Waals surface area contributed by atoms with E-state index in [4.69, 9.17) is 0 Å². The SMILES string of the molecule is O=C1NC2(CCN(Cc3ccccc3)CC2)CN1c1ccc(OC(F)(F)F)cc1. The third-order valence-electron chi connectivity index (χ3n) is 5.52. The molecule has 2 aliphatic rings. The summed E-state index contributed by atoms with van der Waals surface area (Å²) in [6, 6.07) is 15.5. The maximum Gasteiger partial charge on any atom is 0.573 e. The Balaban J connectivity index is 1.37. The largest absolute Gasteiger partial charge is 0.573 e. The molecule has 2 saturated heterocycles. The lowest BCUT2D eigenvalue weighted by molar-refractivity contribution is -0.274. The molecule has 1 N–H and O–H groups in total. The summed E-state index contributed by atoms with van der Waals surface area (Å²) in [6.07, 6.45) is -3.07. The van der Waals surface area contributed by atoms with Crippen LogP contribution in [0.3, 0.4) is 0 Å². The van der Waals surface area contributed by atoms with Gasteiger partial charge >= 0.3 is 12.4 Å². The van der Waals surface area contributed by atoms with Crippen LogP contribution in [0.2, 0.25) is 0 Å². The fourth-order valence-corrected chi connectivity index (χ4v) is 4.01. The van der Waals surface area contributed by atoms with Gasteiger partial charge in [0.15, 0.2) is 0 Å². The fraction of sp³-hybridized carbons (Fsp3) is 0.381. The molecule has 0 bridgehead atoms. The Hall–Kier alpha value is -2.74. The average molecular weight is 405 g/mol. The molecule has 154 valence electrons. The van der Waals surface area contributed by atoms with Crippen LogP contribution in [0.15, 0.2) is 54.6 Å². The highest BCUT2D eigenvalue weighted by molar-refractivity contribution is 5.95. The van der Waals surface area contributed by atoms with Crippen LogP contribution in [-0.2, 0) is 6.54 Å². The smallest absolute Gasteiger partial charge is 0.406 e. The molecule has 5 nitrogen and oxygen atoms in total. The molecule has 0 radical (unpaired) electrons. The summed E-state index contributed by atoms with van der Waals surface area (Å²) in [4.78, 5) is 16.5. The monoisotopic (exact) mass is 405 g/mol. The van der Waals surface area contributed by atoms with E-state index in [2.05, 4.69) is 27.1 Å². The van der Waals surface area contributed by atoms with E-state index in [9.17, 15) is 18.0 Å². The van der Waals surface area contributed by atoms with Crippen molar-refractivity contribution in [3.63, 3.8) is 0 Å². The second kappa shape index (κ2) is 7.59. The summed E-state index contributed by atoms with van der Waals surface area (Å²) in [5.41, 5.74) is 1.52. The number of hydrogen-bond donors (Lipinski definition) is 1. The van der Waals surface area contributed by atoms with E-state index >= 15 is 0 Å². The maximum absolute atomic E-state index is 12.5. The van der Waals surface area contributed by atoms with Crippen LogP contribution >= 0.6 is 0 Å². The van der Waals surface area contributed by atoms with Gasteiger partial charge in [0.1, 0.15) is 5.75 Å². The number of urea groups is 1. The third-order valence-corrected chi connectivity index (χ3v) is 5.52. The topological polar surface area (TPSA) is 44.8 Å². The van der Waals surface area contributed by atoms with Gasteiger partial charge in [0.05, 0.1) is 12.1 Å². The van der Waals surface area contributed by atoms with Gasteiger partial charge in [0.25, 0.3) is 0 Å². The summed E-state index contributed by atoms with van der Waals surface area (Å²) in [5.74, 6) is -0.301. The Labute approximate surface area is 167 Å². The van der Waals surface area contributed by atoms with Gasteiger partial charge in [0.2, 0.25) is 0 Å². The van der Waals surface area contributed by atoms with E-state index in [1.54, 1.807) is 4.90 Å². The number of benzene rings is 2. The maximum atomic E-state index is 12.5. The number of nitrogens with zero attached hydrogens (tertiary/aromatic N) is 2. The van der Waals surface area contributed by atoms with E-state index in [1.807, 2.05) is 18.2 Å². The molecule has 2 amide bonds. The fourth-order valence-electron chi connectivity index (χ4n) is 4.01. The minimum atomic E-state index is -4.73. The van der Waals surface area contributed by atoms with Crippen molar-refractivity contribution in [1.29, 1.82) is 0 Å². The number of anilines is 1. The second-order valence-electron chi connectivity index (χ2n) is 7.60.